The molecule has 2 N–H and O–H groups in total. The van der Waals surface area contributed by atoms with Crippen molar-refractivity contribution >= 4 is 23.7 Å². The molecule has 1 aliphatic rings. The van der Waals surface area contributed by atoms with E-state index in [2.05, 4.69) is 10.6 Å². The van der Waals surface area contributed by atoms with E-state index in [4.69, 9.17) is 4.74 Å². The van der Waals surface area contributed by atoms with Crippen molar-refractivity contribution in [2.75, 3.05) is 27.7 Å². The van der Waals surface area contributed by atoms with Crippen LogP contribution in [0.25, 0.3) is 0 Å². The molecule has 0 saturated carbocycles. The maximum atomic E-state index is 14.0. The van der Waals surface area contributed by atoms with Gasteiger partial charge in [-0.3, -0.25) is 14.4 Å². The van der Waals surface area contributed by atoms with Crippen LogP contribution in [0.5, 0.6) is 0 Å². The third-order valence-corrected chi connectivity index (χ3v) is 7.85. The van der Waals surface area contributed by atoms with Gasteiger partial charge in [0.2, 0.25) is 17.7 Å². The minimum absolute atomic E-state index is 0.219. The molecule has 1 fully saturated rings. The predicted octanol–water partition coefficient (Wildman–Crippen LogP) is 2.73. The highest BCUT2D eigenvalue weighted by Crippen LogP contribution is 2.29. The second kappa shape index (κ2) is 12.9. The fraction of sp³-hybridized carbons (Fsp3) is 0.667. The molecule has 1 aromatic rings. The number of esters is 1. The quantitative estimate of drug-likeness (QED) is 0.439. The van der Waals surface area contributed by atoms with Gasteiger partial charge in [-0.05, 0) is 36.8 Å². The molecule has 3 amide bonds. The number of benzene rings is 1. The SMILES string of the molecule is CN[C@H](C(=O)NC(C(=O)N(C)[C@H](C(=O)N1CCC[C@H]1C(=O)OC)C(C)C)C(C)(C)C)C(C)(C)c1ccccc1. The summed E-state index contributed by atoms with van der Waals surface area (Å²) in [7, 11) is 4.64. The first-order valence-corrected chi connectivity index (χ1v) is 13.8. The molecule has 4 atom stereocenters. The van der Waals surface area contributed by atoms with Crippen molar-refractivity contribution in [3.05, 3.63) is 35.9 Å². The Morgan fingerprint density at radius 1 is 1.03 bits per heavy atom. The number of amides is 3. The normalized spacial score (nSPS) is 18.3. The van der Waals surface area contributed by atoms with Gasteiger partial charge in [-0.1, -0.05) is 78.8 Å². The molecule has 0 aliphatic carbocycles. The van der Waals surface area contributed by atoms with Crippen molar-refractivity contribution in [2.45, 2.75) is 90.9 Å². The number of likely N-dealkylation sites (N-methyl/N-ethyl adjacent to an activating group) is 2. The third kappa shape index (κ3) is 7.18. The fourth-order valence-corrected chi connectivity index (χ4v) is 5.55. The molecule has 39 heavy (non-hydrogen) atoms. The summed E-state index contributed by atoms with van der Waals surface area (Å²) >= 11 is 0. The lowest BCUT2D eigenvalue weighted by Gasteiger charge is -2.41. The van der Waals surface area contributed by atoms with Gasteiger partial charge in [0.25, 0.3) is 0 Å². The summed E-state index contributed by atoms with van der Waals surface area (Å²) in [5.41, 5.74) is -0.207. The molecule has 0 bridgehead atoms. The number of ether oxygens (including phenoxy) is 1. The summed E-state index contributed by atoms with van der Waals surface area (Å²) in [5, 5.41) is 6.15. The van der Waals surface area contributed by atoms with E-state index in [0.717, 1.165) is 5.56 Å². The fourth-order valence-electron chi connectivity index (χ4n) is 5.55. The Balaban J connectivity index is 2.34. The molecule has 1 unspecified atom stereocenters. The summed E-state index contributed by atoms with van der Waals surface area (Å²) in [5.74, 6) is -1.61. The third-order valence-electron chi connectivity index (χ3n) is 7.85. The molecular formula is C30H48N4O5. The molecule has 1 heterocycles. The second-order valence-corrected chi connectivity index (χ2v) is 12.5. The average Bonchev–Trinajstić information content (AvgIpc) is 3.36. The molecule has 9 nitrogen and oxygen atoms in total. The molecule has 2 rings (SSSR count). The number of likely N-dealkylation sites (tertiary alicyclic amines) is 1. The molecule has 0 spiro atoms. The standard InChI is InChI=1S/C30H48N4O5/c1-19(2)22(26(36)34-18-14-17-21(34)28(38)39-10)33(9)27(37)24(29(3,4)5)32-25(35)23(31-8)30(6,7)20-15-12-11-13-16-20/h11-13,15-16,19,21-24,31H,14,17-18H2,1-10H3,(H,32,35)/t21-,22-,23+,24?/m0/s1. The largest absolute Gasteiger partial charge is 0.467 e. The van der Waals surface area contributed by atoms with Crippen molar-refractivity contribution in [1.82, 2.24) is 20.4 Å². The Kier molecular flexibility index (Phi) is 10.7. The van der Waals surface area contributed by atoms with Gasteiger partial charge in [0.15, 0.2) is 0 Å². The Morgan fingerprint density at radius 2 is 1.62 bits per heavy atom. The zero-order chi connectivity index (χ0) is 29.7. The number of nitrogens with one attached hydrogen (secondary N) is 2. The number of methoxy groups -OCH3 is 1. The van der Waals surface area contributed by atoms with E-state index in [0.29, 0.717) is 19.4 Å². The Bertz CT molecular complexity index is 1020. The maximum Gasteiger partial charge on any atom is 0.328 e. The molecule has 218 valence electrons. The summed E-state index contributed by atoms with van der Waals surface area (Å²) in [6.07, 6.45) is 1.22. The van der Waals surface area contributed by atoms with E-state index in [9.17, 15) is 19.2 Å². The van der Waals surface area contributed by atoms with Crippen LogP contribution >= 0.6 is 0 Å². The highest BCUT2D eigenvalue weighted by atomic mass is 16.5. The van der Waals surface area contributed by atoms with Crippen LogP contribution in [0.1, 0.15) is 66.9 Å². The Morgan fingerprint density at radius 3 is 2.10 bits per heavy atom. The molecule has 1 aromatic carbocycles. The van der Waals surface area contributed by atoms with Crippen LogP contribution in [0.3, 0.4) is 0 Å². The second-order valence-electron chi connectivity index (χ2n) is 12.5. The van der Waals surface area contributed by atoms with E-state index < -0.39 is 41.0 Å². The summed E-state index contributed by atoms with van der Waals surface area (Å²) in [6, 6.07) is 6.82. The van der Waals surface area contributed by atoms with Crippen LogP contribution in [0, 0.1) is 11.3 Å². The lowest BCUT2D eigenvalue weighted by Crippen LogP contribution is -2.63. The van der Waals surface area contributed by atoms with Crippen molar-refractivity contribution < 1.29 is 23.9 Å². The van der Waals surface area contributed by atoms with E-state index in [1.54, 1.807) is 14.1 Å². The topological polar surface area (TPSA) is 108 Å². The minimum atomic E-state index is -0.888. The number of nitrogens with zero attached hydrogens (tertiary/aromatic N) is 2. The first kappa shape index (κ1) is 32.3. The highest BCUT2D eigenvalue weighted by Gasteiger charge is 2.45. The van der Waals surface area contributed by atoms with E-state index in [1.165, 1.54) is 16.9 Å². The smallest absolute Gasteiger partial charge is 0.328 e. The van der Waals surface area contributed by atoms with Gasteiger partial charge in [-0.2, -0.15) is 0 Å². The summed E-state index contributed by atoms with van der Waals surface area (Å²) < 4.78 is 4.91. The van der Waals surface area contributed by atoms with Crippen LogP contribution < -0.4 is 10.6 Å². The van der Waals surface area contributed by atoms with Crippen molar-refractivity contribution in [3.8, 4) is 0 Å². The zero-order valence-corrected chi connectivity index (χ0v) is 25.3. The summed E-state index contributed by atoms with van der Waals surface area (Å²) in [4.78, 5) is 56.7. The van der Waals surface area contributed by atoms with Gasteiger partial charge in [0, 0.05) is 19.0 Å². The Hall–Kier alpha value is -2.94. The van der Waals surface area contributed by atoms with Gasteiger partial charge in [-0.15, -0.1) is 0 Å². The minimum Gasteiger partial charge on any atom is -0.467 e. The zero-order valence-electron chi connectivity index (χ0n) is 25.3. The van der Waals surface area contributed by atoms with Crippen molar-refractivity contribution in [1.29, 1.82) is 0 Å². The van der Waals surface area contributed by atoms with Crippen LogP contribution in [-0.2, 0) is 29.3 Å². The van der Waals surface area contributed by atoms with Crippen LogP contribution in [0.2, 0.25) is 0 Å². The monoisotopic (exact) mass is 544 g/mol. The first-order valence-electron chi connectivity index (χ1n) is 13.8. The summed E-state index contributed by atoms with van der Waals surface area (Å²) in [6.45, 7) is 13.8. The lowest BCUT2D eigenvalue weighted by atomic mass is 9.76. The van der Waals surface area contributed by atoms with Crippen LogP contribution in [-0.4, -0.2) is 85.4 Å². The molecule has 0 radical (unpaired) electrons. The number of carbonyl (C=O) groups excluding carboxylic acids is 4. The molecule has 0 aromatic heterocycles. The van der Waals surface area contributed by atoms with Gasteiger partial charge in [0.05, 0.1) is 13.2 Å². The van der Waals surface area contributed by atoms with Crippen LogP contribution in [0.4, 0.5) is 0 Å². The highest BCUT2D eigenvalue weighted by molar-refractivity contribution is 5.95. The lowest BCUT2D eigenvalue weighted by molar-refractivity contribution is -0.156. The van der Waals surface area contributed by atoms with Gasteiger partial charge >= 0.3 is 5.97 Å². The number of rotatable bonds is 10. The van der Waals surface area contributed by atoms with E-state index in [-0.39, 0.29) is 23.6 Å². The number of carbonyl (C=O) groups is 4. The predicted molar refractivity (Wildman–Crippen MR) is 152 cm³/mol. The van der Waals surface area contributed by atoms with Crippen LogP contribution in [0.15, 0.2) is 30.3 Å². The average molecular weight is 545 g/mol. The maximum absolute atomic E-state index is 14.0. The Labute approximate surface area is 234 Å². The first-order chi connectivity index (χ1) is 18.1. The van der Waals surface area contributed by atoms with Gasteiger partial charge in [0.1, 0.15) is 18.1 Å². The molecule has 9 heteroatoms. The molecular weight excluding hydrogens is 496 g/mol. The van der Waals surface area contributed by atoms with Gasteiger partial charge in [-0.25, -0.2) is 4.79 Å². The van der Waals surface area contributed by atoms with Crippen molar-refractivity contribution in [2.24, 2.45) is 11.3 Å². The van der Waals surface area contributed by atoms with Crippen molar-refractivity contribution in [3.63, 3.8) is 0 Å². The van der Waals surface area contributed by atoms with E-state index in [1.807, 2.05) is 78.8 Å². The number of hydrogen-bond donors (Lipinski definition) is 2. The molecule has 1 saturated heterocycles. The number of hydrogen-bond acceptors (Lipinski definition) is 6. The van der Waals surface area contributed by atoms with Gasteiger partial charge < -0.3 is 25.2 Å². The van der Waals surface area contributed by atoms with E-state index >= 15 is 0 Å². The molecule has 1 aliphatic heterocycles.